The number of aromatic nitrogens is 2. The first-order chi connectivity index (χ1) is 10.2. The Morgan fingerprint density at radius 1 is 1.09 bits per heavy atom. The third kappa shape index (κ3) is 8.13. The molecule has 0 amide bonds. The van der Waals surface area contributed by atoms with E-state index >= 15 is 0 Å². The van der Waals surface area contributed by atoms with Crippen LogP contribution in [0.2, 0.25) is 0 Å². The number of nitrogens with zero attached hydrogens (tertiary/aromatic N) is 2. The lowest BCUT2D eigenvalue weighted by molar-refractivity contribution is 0.0695. The molecule has 0 aliphatic rings. The molecule has 2 rings (SSSR count). The van der Waals surface area contributed by atoms with E-state index in [1.807, 2.05) is 0 Å². The number of rotatable bonds is 2. The molecule has 2 heterocycles. The van der Waals surface area contributed by atoms with Crippen LogP contribution in [0.1, 0.15) is 32.2 Å². The zero-order chi connectivity index (χ0) is 17.3. The Kier molecular flexibility index (Phi) is 9.66. The quantitative estimate of drug-likeness (QED) is 0.774. The molecule has 122 valence electrons. The highest BCUT2D eigenvalue weighted by molar-refractivity contribution is 8.26. The predicted octanol–water partition coefficient (Wildman–Crippen LogP) is 3.09. The monoisotopic (exact) mass is 390 g/mol. The third-order valence-corrected chi connectivity index (χ3v) is 2.15. The Balaban J connectivity index is 0.000000326. The molecule has 0 atom stereocenters. The number of carboxylic acids is 1. The van der Waals surface area contributed by atoms with Crippen molar-refractivity contribution in [3.63, 3.8) is 0 Å². The third-order valence-electron chi connectivity index (χ3n) is 1.94. The Morgan fingerprint density at radius 2 is 1.45 bits per heavy atom. The molecule has 0 aliphatic carbocycles. The van der Waals surface area contributed by atoms with E-state index in [0.717, 1.165) is 0 Å². The van der Waals surface area contributed by atoms with Gasteiger partial charge in [-0.05, 0) is 25.4 Å². The number of aryl methyl sites for hydroxylation is 2. The van der Waals surface area contributed by atoms with Crippen molar-refractivity contribution in [1.82, 2.24) is 10.3 Å². The Labute approximate surface area is 140 Å². The molecule has 0 unspecified atom stereocenters. The van der Waals surface area contributed by atoms with Gasteiger partial charge in [0.1, 0.15) is 17.1 Å². The molecule has 12 heteroatoms. The summed E-state index contributed by atoms with van der Waals surface area (Å²) in [5, 5.41) is 14.5. The lowest BCUT2D eigenvalue weighted by atomic mass is 10.3. The number of carboxylic acid groups (broad SMARTS) is 1. The van der Waals surface area contributed by atoms with Crippen LogP contribution < -0.4 is 0 Å². The van der Waals surface area contributed by atoms with Gasteiger partial charge in [-0.2, -0.15) is 0 Å². The Hall–Kier alpha value is -1.42. The maximum Gasteiger partial charge on any atom is 0.340 e. The number of carbonyl (C=O) groups is 2. The first-order valence-corrected chi connectivity index (χ1v) is 8.34. The molecule has 0 aromatic carbocycles. The van der Waals surface area contributed by atoms with Gasteiger partial charge in [0.2, 0.25) is 9.23 Å². The molecule has 2 aromatic heterocycles. The summed E-state index contributed by atoms with van der Waals surface area (Å²) in [6, 6.07) is 0. The van der Waals surface area contributed by atoms with Gasteiger partial charge in [-0.3, -0.25) is 4.79 Å². The van der Waals surface area contributed by atoms with Crippen LogP contribution in [0.25, 0.3) is 0 Å². The first kappa shape index (κ1) is 20.6. The van der Waals surface area contributed by atoms with Crippen molar-refractivity contribution in [3.05, 3.63) is 35.0 Å². The van der Waals surface area contributed by atoms with Crippen molar-refractivity contribution in [1.29, 1.82) is 0 Å². The van der Waals surface area contributed by atoms with E-state index in [2.05, 4.69) is 40.7 Å². The van der Waals surface area contributed by atoms with E-state index in [4.69, 9.17) is 20.9 Å². The summed E-state index contributed by atoms with van der Waals surface area (Å²) < 4.78 is 18.2. The molecule has 0 aliphatic heterocycles. The first-order valence-electron chi connectivity index (χ1n) is 5.16. The van der Waals surface area contributed by atoms with Gasteiger partial charge in [0, 0.05) is 21.4 Å². The molecule has 0 saturated heterocycles. The van der Waals surface area contributed by atoms with Crippen molar-refractivity contribution in [2.45, 2.75) is 13.8 Å². The van der Waals surface area contributed by atoms with E-state index in [9.17, 15) is 9.59 Å². The molecule has 8 nitrogen and oxygen atoms in total. The lowest BCUT2D eigenvalue weighted by Gasteiger charge is -1.82. The highest BCUT2D eigenvalue weighted by atomic mass is 36.0. The van der Waals surface area contributed by atoms with Gasteiger partial charge in [-0.15, -0.1) is 0 Å². The molecule has 2 aromatic rings. The SMILES string of the molecule is Cc1oncc1C(=O)Cl.Cc1oncc1C(=O)O.O=S(Cl)Cl. The smallest absolute Gasteiger partial charge is 0.340 e. The van der Waals surface area contributed by atoms with Gasteiger partial charge < -0.3 is 14.2 Å². The van der Waals surface area contributed by atoms with Gasteiger partial charge in [0.05, 0.1) is 18.0 Å². The number of hydrogen-bond acceptors (Lipinski definition) is 7. The zero-order valence-corrected chi connectivity index (χ0v) is 14.2. The fourth-order valence-corrected chi connectivity index (χ4v) is 1.17. The summed E-state index contributed by atoms with van der Waals surface area (Å²) in [7, 11) is 7.36. The topological polar surface area (TPSA) is 124 Å². The molecular weight excluding hydrogens is 383 g/mol. The highest BCUT2D eigenvalue weighted by Gasteiger charge is 2.09. The molecule has 0 spiro atoms. The maximum absolute atomic E-state index is 10.4. The van der Waals surface area contributed by atoms with E-state index in [1.54, 1.807) is 13.8 Å². The number of carbonyl (C=O) groups excluding carboxylic acids is 1. The average molecular weight is 392 g/mol. The number of aromatic carboxylic acids is 1. The second-order valence-corrected chi connectivity index (χ2v) is 6.22. The van der Waals surface area contributed by atoms with Crippen LogP contribution in [0.3, 0.4) is 0 Å². The van der Waals surface area contributed by atoms with Crippen LogP contribution in [-0.2, 0) is 9.23 Å². The Bertz CT molecular complexity index is 602. The van der Waals surface area contributed by atoms with Crippen molar-refractivity contribution in [2.24, 2.45) is 0 Å². The van der Waals surface area contributed by atoms with Crippen LogP contribution in [0.15, 0.2) is 21.4 Å². The summed E-state index contributed by atoms with van der Waals surface area (Å²) in [6.07, 6.45) is 2.47. The molecule has 0 bridgehead atoms. The second-order valence-electron chi connectivity index (χ2n) is 3.35. The number of hydrogen-bond donors (Lipinski definition) is 1. The zero-order valence-electron chi connectivity index (χ0n) is 11.1. The maximum atomic E-state index is 10.4. The molecule has 22 heavy (non-hydrogen) atoms. The fraction of sp³-hybridized carbons (Fsp3) is 0.200. The van der Waals surface area contributed by atoms with E-state index in [-0.39, 0.29) is 5.56 Å². The summed E-state index contributed by atoms with van der Waals surface area (Å²) in [5.41, 5.74) is 0.451. The van der Waals surface area contributed by atoms with Gasteiger partial charge in [0.15, 0.2) is 0 Å². The second kappa shape index (κ2) is 10.3. The summed E-state index contributed by atoms with van der Waals surface area (Å²) >= 11 is 5.11. The van der Waals surface area contributed by atoms with Gasteiger partial charge in [-0.1, -0.05) is 10.3 Å². The fourth-order valence-electron chi connectivity index (χ4n) is 0.991. The molecule has 0 saturated carbocycles. The van der Waals surface area contributed by atoms with Gasteiger partial charge in [-0.25, -0.2) is 9.00 Å². The summed E-state index contributed by atoms with van der Waals surface area (Å²) in [5.74, 6) is -0.216. The molecule has 0 radical (unpaired) electrons. The van der Waals surface area contributed by atoms with E-state index in [1.165, 1.54) is 12.4 Å². The van der Waals surface area contributed by atoms with Crippen LogP contribution >= 0.6 is 33.0 Å². The van der Waals surface area contributed by atoms with Gasteiger partial charge >= 0.3 is 5.97 Å². The minimum absolute atomic E-state index is 0.120. The number of halogens is 3. The predicted molar refractivity (Wildman–Crippen MR) is 79.5 cm³/mol. The largest absolute Gasteiger partial charge is 0.478 e. The van der Waals surface area contributed by atoms with Crippen LogP contribution in [-0.4, -0.2) is 30.8 Å². The van der Waals surface area contributed by atoms with Crippen molar-refractivity contribution in [2.75, 3.05) is 0 Å². The van der Waals surface area contributed by atoms with Crippen molar-refractivity contribution in [3.8, 4) is 0 Å². The standard InChI is InChI=1S/C5H4ClNO2.C5H5NO3.Cl2OS/c1-3-4(5(6)8)2-7-9-3;1-3-4(5(7)8)2-6-9-3;1-4(2)3/h2H,1H3;2H,1H3,(H,7,8);. The lowest BCUT2D eigenvalue weighted by Crippen LogP contribution is -1.94. The van der Waals surface area contributed by atoms with Crippen LogP contribution in [0, 0.1) is 13.8 Å². The van der Waals surface area contributed by atoms with Crippen molar-refractivity contribution >= 4 is 53.4 Å². The normalized spacial score (nSPS) is 9.36. The molecule has 0 fully saturated rings. The Morgan fingerprint density at radius 3 is 1.59 bits per heavy atom. The highest BCUT2D eigenvalue weighted by Crippen LogP contribution is 2.08. The molecule has 1 N–H and O–H groups in total. The molecular formula is C10H9Cl3N2O6S. The van der Waals surface area contributed by atoms with Crippen molar-refractivity contribution < 1.29 is 28.0 Å². The average Bonchev–Trinajstić information content (AvgIpc) is 2.97. The van der Waals surface area contributed by atoms with Crippen LogP contribution in [0.5, 0.6) is 0 Å². The van der Waals surface area contributed by atoms with E-state index < -0.39 is 20.4 Å². The van der Waals surface area contributed by atoms with Gasteiger partial charge in [0.25, 0.3) is 5.24 Å². The minimum atomic E-state index is -1.67. The summed E-state index contributed by atoms with van der Waals surface area (Å²) in [4.78, 5) is 20.6. The van der Waals surface area contributed by atoms with E-state index in [0.29, 0.717) is 17.1 Å². The minimum Gasteiger partial charge on any atom is -0.478 e. The van der Waals surface area contributed by atoms with Crippen LogP contribution in [0.4, 0.5) is 0 Å². The summed E-state index contributed by atoms with van der Waals surface area (Å²) in [6.45, 7) is 3.18.